The molecule has 4 nitrogen and oxygen atoms in total. The first-order valence-electron chi connectivity index (χ1n) is 9.91. The highest BCUT2D eigenvalue weighted by Crippen LogP contribution is 2.14. The van der Waals surface area contributed by atoms with Crippen molar-refractivity contribution < 1.29 is 27.9 Å². The number of carbonyl (C=O) groups is 2. The van der Waals surface area contributed by atoms with E-state index in [-0.39, 0.29) is 5.91 Å². The van der Waals surface area contributed by atoms with Crippen LogP contribution in [0.15, 0.2) is 42.0 Å². The predicted molar refractivity (Wildman–Crippen MR) is 109 cm³/mol. The van der Waals surface area contributed by atoms with Crippen LogP contribution in [0.5, 0.6) is 0 Å². The topological polar surface area (TPSA) is 57.6 Å². The summed E-state index contributed by atoms with van der Waals surface area (Å²) < 4.78 is 31.7. The maximum atomic E-state index is 12.5. The maximum absolute atomic E-state index is 12.5. The summed E-state index contributed by atoms with van der Waals surface area (Å²) >= 11 is 0. The zero-order chi connectivity index (χ0) is 22.3. The van der Waals surface area contributed by atoms with Gasteiger partial charge in [0.15, 0.2) is 0 Å². The largest absolute Gasteiger partial charge is 0.490 e. The second-order valence-corrected chi connectivity index (χ2v) is 6.71. The van der Waals surface area contributed by atoms with Gasteiger partial charge in [-0.3, -0.25) is 4.79 Å². The minimum absolute atomic E-state index is 0.214. The predicted octanol–water partition coefficient (Wildman–Crippen LogP) is 5.63. The highest BCUT2D eigenvalue weighted by molar-refractivity contribution is 5.93. The number of hydrogen-bond acceptors (Lipinski definition) is 2. The molecule has 0 saturated heterocycles. The molecular weight excluding hydrogens is 383 g/mol. The molecule has 0 aliphatic heterocycles. The molecule has 1 aromatic rings. The van der Waals surface area contributed by atoms with Crippen molar-refractivity contribution in [3.05, 3.63) is 47.5 Å². The van der Waals surface area contributed by atoms with Crippen molar-refractivity contribution in [3.8, 4) is 0 Å². The van der Waals surface area contributed by atoms with Crippen LogP contribution in [0.25, 0.3) is 0 Å². The average Bonchev–Trinajstić information content (AvgIpc) is 2.67. The van der Waals surface area contributed by atoms with Gasteiger partial charge in [-0.1, -0.05) is 63.1 Å². The van der Waals surface area contributed by atoms with Crippen LogP contribution in [0.3, 0.4) is 0 Å². The van der Waals surface area contributed by atoms with E-state index in [1.54, 1.807) is 0 Å². The number of unbranched alkanes of at least 4 members (excludes halogenated alkanes) is 2. The summed E-state index contributed by atoms with van der Waals surface area (Å²) in [7, 11) is 1.93. The van der Waals surface area contributed by atoms with Gasteiger partial charge < -0.3 is 10.0 Å². The van der Waals surface area contributed by atoms with Crippen LogP contribution in [0.2, 0.25) is 0 Å². The number of carboxylic acids is 1. The minimum atomic E-state index is -5.08. The Hall–Kier alpha value is -2.31. The van der Waals surface area contributed by atoms with Crippen molar-refractivity contribution in [3.63, 3.8) is 0 Å². The lowest BCUT2D eigenvalue weighted by atomic mass is 10.0. The van der Waals surface area contributed by atoms with Gasteiger partial charge in [0.25, 0.3) is 0 Å². The Bertz CT molecular complexity index is 628. The number of likely N-dealkylation sites (N-methyl/N-ethyl adjacent to an activating group) is 1. The molecule has 1 N–H and O–H groups in total. The van der Waals surface area contributed by atoms with E-state index in [0.717, 1.165) is 44.2 Å². The Balaban J connectivity index is 0.000000956. The SMILES string of the molecule is CCC=C(CCCCC)C(=O)N(C)CCCc1ccccc1.O=C(O)C(F)(F)F. The molecule has 164 valence electrons. The quantitative estimate of drug-likeness (QED) is 0.398. The molecule has 0 aliphatic carbocycles. The van der Waals surface area contributed by atoms with Gasteiger partial charge >= 0.3 is 12.1 Å². The number of aliphatic carboxylic acids is 1. The highest BCUT2D eigenvalue weighted by atomic mass is 19.4. The number of nitrogens with zero attached hydrogens (tertiary/aromatic N) is 1. The summed E-state index contributed by atoms with van der Waals surface area (Å²) in [4.78, 5) is 23.3. The summed E-state index contributed by atoms with van der Waals surface area (Å²) in [5.41, 5.74) is 2.34. The fourth-order valence-corrected chi connectivity index (χ4v) is 2.62. The third-order valence-corrected chi connectivity index (χ3v) is 4.17. The van der Waals surface area contributed by atoms with E-state index in [0.29, 0.717) is 0 Å². The Morgan fingerprint density at radius 2 is 1.66 bits per heavy atom. The second kappa shape index (κ2) is 14.7. The van der Waals surface area contributed by atoms with Crippen molar-refractivity contribution in [1.29, 1.82) is 0 Å². The lowest BCUT2D eigenvalue weighted by Crippen LogP contribution is -2.29. The number of allylic oxidation sites excluding steroid dienone is 1. The smallest absolute Gasteiger partial charge is 0.475 e. The third kappa shape index (κ3) is 12.7. The van der Waals surface area contributed by atoms with Crippen LogP contribution < -0.4 is 0 Å². The minimum Gasteiger partial charge on any atom is -0.475 e. The van der Waals surface area contributed by atoms with Crippen molar-refractivity contribution in [2.45, 2.75) is 65.0 Å². The molecule has 1 amide bonds. The molecule has 0 atom stereocenters. The lowest BCUT2D eigenvalue weighted by Gasteiger charge is -2.19. The van der Waals surface area contributed by atoms with Crippen LogP contribution in [0.4, 0.5) is 13.2 Å². The molecule has 1 rings (SSSR count). The van der Waals surface area contributed by atoms with Crippen molar-refractivity contribution in [2.24, 2.45) is 0 Å². The van der Waals surface area contributed by atoms with Crippen LogP contribution >= 0.6 is 0 Å². The van der Waals surface area contributed by atoms with E-state index < -0.39 is 12.1 Å². The lowest BCUT2D eigenvalue weighted by molar-refractivity contribution is -0.192. The van der Waals surface area contributed by atoms with Gasteiger partial charge in [-0.05, 0) is 37.7 Å². The van der Waals surface area contributed by atoms with Crippen molar-refractivity contribution >= 4 is 11.9 Å². The summed E-state index contributed by atoms with van der Waals surface area (Å²) in [5.74, 6) is -2.54. The summed E-state index contributed by atoms with van der Waals surface area (Å²) in [5, 5.41) is 7.12. The number of amides is 1. The van der Waals surface area contributed by atoms with Crippen LogP contribution in [0, 0.1) is 0 Å². The van der Waals surface area contributed by atoms with Gasteiger partial charge in [-0.2, -0.15) is 13.2 Å². The number of benzene rings is 1. The van der Waals surface area contributed by atoms with Gasteiger partial charge in [-0.15, -0.1) is 0 Å². The number of alkyl halides is 3. The van der Waals surface area contributed by atoms with E-state index in [4.69, 9.17) is 9.90 Å². The van der Waals surface area contributed by atoms with Crippen LogP contribution in [-0.2, 0) is 16.0 Å². The van der Waals surface area contributed by atoms with E-state index in [1.165, 1.54) is 18.4 Å². The zero-order valence-electron chi connectivity index (χ0n) is 17.5. The number of hydrogen-bond donors (Lipinski definition) is 1. The van der Waals surface area contributed by atoms with Gasteiger partial charge in [0.05, 0.1) is 0 Å². The number of carboxylic acid groups (broad SMARTS) is 1. The van der Waals surface area contributed by atoms with E-state index in [9.17, 15) is 18.0 Å². The monoisotopic (exact) mass is 415 g/mol. The van der Waals surface area contributed by atoms with Crippen molar-refractivity contribution in [2.75, 3.05) is 13.6 Å². The summed E-state index contributed by atoms with van der Waals surface area (Å²) in [6.45, 7) is 5.12. The third-order valence-electron chi connectivity index (χ3n) is 4.17. The van der Waals surface area contributed by atoms with Crippen LogP contribution in [-0.4, -0.2) is 41.7 Å². The molecule has 7 heteroatoms. The second-order valence-electron chi connectivity index (χ2n) is 6.71. The normalized spacial score (nSPS) is 11.4. The van der Waals surface area contributed by atoms with Gasteiger partial charge in [-0.25, -0.2) is 4.79 Å². The fraction of sp³-hybridized carbons (Fsp3) is 0.545. The molecule has 0 spiro atoms. The first-order chi connectivity index (χ1) is 13.6. The van der Waals surface area contributed by atoms with Gasteiger partial charge in [0.2, 0.25) is 5.91 Å². The fourth-order valence-electron chi connectivity index (χ4n) is 2.62. The molecule has 0 heterocycles. The molecular formula is C22H32F3NO3. The molecule has 0 radical (unpaired) electrons. The number of halogens is 3. The van der Waals surface area contributed by atoms with Crippen LogP contribution in [0.1, 0.15) is 57.9 Å². The summed E-state index contributed by atoms with van der Waals surface area (Å²) in [6, 6.07) is 10.5. The zero-order valence-corrected chi connectivity index (χ0v) is 17.5. The Morgan fingerprint density at radius 1 is 1.07 bits per heavy atom. The molecule has 0 unspecified atom stereocenters. The molecule has 0 saturated carbocycles. The molecule has 0 bridgehead atoms. The van der Waals surface area contributed by atoms with Gasteiger partial charge in [0.1, 0.15) is 0 Å². The molecule has 29 heavy (non-hydrogen) atoms. The Kier molecular flexibility index (Phi) is 13.5. The van der Waals surface area contributed by atoms with E-state index in [2.05, 4.69) is 44.2 Å². The number of carbonyl (C=O) groups excluding carboxylic acids is 1. The number of aryl methyl sites for hydroxylation is 1. The molecule has 0 aromatic heterocycles. The van der Waals surface area contributed by atoms with Gasteiger partial charge in [0, 0.05) is 19.2 Å². The van der Waals surface area contributed by atoms with Crippen molar-refractivity contribution in [1.82, 2.24) is 4.90 Å². The standard InChI is InChI=1S/C20H31NO.C2HF3O2/c1-4-6-8-16-19(12-5-2)20(22)21(3)17-11-15-18-13-9-7-10-14-18;3-2(4,5)1(6)7/h7,9-10,12-14H,4-6,8,11,15-17H2,1-3H3;(H,6,7). The highest BCUT2D eigenvalue weighted by Gasteiger charge is 2.38. The van der Waals surface area contributed by atoms with E-state index >= 15 is 0 Å². The maximum Gasteiger partial charge on any atom is 0.490 e. The first kappa shape index (κ1) is 26.7. The number of rotatable bonds is 10. The Labute approximate surface area is 171 Å². The molecule has 0 fully saturated rings. The van der Waals surface area contributed by atoms with E-state index in [1.807, 2.05) is 18.0 Å². The first-order valence-corrected chi connectivity index (χ1v) is 9.91. The molecule has 0 aliphatic rings. The Morgan fingerprint density at radius 3 is 2.14 bits per heavy atom. The average molecular weight is 415 g/mol. The molecule has 1 aromatic carbocycles. The summed E-state index contributed by atoms with van der Waals surface area (Å²) in [6.07, 6.45) is 4.43.